The van der Waals surface area contributed by atoms with E-state index in [4.69, 9.17) is 9.47 Å². The first-order valence-corrected chi connectivity index (χ1v) is 7.89. The lowest BCUT2D eigenvalue weighted by Crippen LogP contribution is -2.16. The summed E-state index contributed by atoms with van der Waals surface area (Å²) < 4.78 is 11.8. The van der Waals surface area contributed by atoms with Crippen LogP contribution in [0.1, 0.15) is 5.01 Å². The number of rotatable bonds is 5. The van der Waals surface area contributed by atoms with Crippen LogP contribution in [0.5, 0.6) is 11.5 Å². The molecule has 0 radical (unpaired) electrons. The van der Waals surface area contributed by atoms with Gasteiger partial charge in [0.15, 0.2) is 0 Å². The van der Waals surface area contributed by atoms with Crippen molar-refractivity contribution >= 4 is 33.1 Å². The number of nitrogens with zero attached hydrogens (tertiary/aromatic N) is 1. The van der Waals surface area contributed by atoms with Gasteiger partial charge in [0.2, 0.25) is 5.91 Å². The Hall–Kier alpha value is -2.44. The first-order chi connectivity index (χ1) is 11.1. The Morgan fingerprint density at radius 3 is 2.87 bits per heavy atom. The maximum absolute atomic E-state index is 11.5. The van der Waals surface area contributed by atoms with Gasteiger partial charge in [-0.2, -0.15) is 0 Å². The van der Waals surface area contributed by atoms with Crippen molar-refractivity contribution in [3.63, 3.8) is 0 Å². The first-order valence-electron chi connectivity index (χ1n) is 7.08. The van der Waals surface area contributed by atoms with Crippen LogP contribution >= 0.6 is 11.3 Å². The van der Waals surface area contributed by atoms with Gasteiger partial charge in [-0.05, 0) is 31.2 Å². The molecule has 1 aromatic heterocycles. The molecule has 0 aliphatic heterocycles. The minimum absolute atomic E-state index is 0.0188. The molecule has 5 nitrogen and oxygen atoms in total. The van der Waals surface area contributed by atoms with E-state index in [1.54, 1.807) is 23.5 Å². The molecule has 0 fully saturated rings. The van der Waals surface area contributed by atoms with E-state index in [-0.39, 0.29) is 12.5 Å². The monoisotopic (exact) mass is 328 g/mol. The molecule has 1 heterocycles. The highest BCUT2D eigenvalue weighted by atomic mass is 32.1. The molecule has 0 unspecified atom stereocenters. The average Bonchev–Trinajstić information content (AvgIpc) is 2.87. The van der Waals surface area contributed by atoms with Crippen molar-refractivity contribution in [2.75, 3.05) is 19.0 Å². The smallest absolute Gasteiger partial charge is 0.250 e. The standard InChI is InChI=1S/C17H16N2O3S/c1-11-18-15-9-14(6-7-16(15)23-11)22-13-5-3-4-12(8-13)19-17(20)10-21-2/h3-9H,10H2,1-2H3,(H,19,20). The number of fused-ring (bicyclic) bond motifs is 1. The van der Waals surface area contributed by atoms with E-state index in [2.05, 4.69) is 10.3 Å². The highest BCUT2D eigenvalue weighted by Gasteiger charge is 2.05. The summed E-state index contributed by atoms with van der Waals surface area (Å²) >= 11 is 1.66. The van der Waals surface area contributed by atoms with Gasteiger partial charge in [-0.25, -0.2) is 4.98 Å². The van der Waals surface area contributed by atoms with Crippen molar-refractivity contribution in [1.82, 2.24) is 4.98 Å². The highest BCUT2D eigenvalue weighted by Crippen LogP contribution is 2.29. The third kappa shape index (κ3) is 3.85. The van der Waals surface area contributed by atoms with E-state index in [1.165, 1.54) is 7.11 Å². The van der Waals surface area contributed by atoms with Crippen LogP contribution in [-0.2, 0) is 9.53 Å². The summed E-state index contributed by atoms with van der Waals surface area (Å²) in [5, 5.41) is 3.78. The second-order valence-corrected chi connectivity index (χ2v) is 6.21. The molecule has 1 amide bonds. The number of ether oxygens (including phenoxy) is 2. The van der Waals surface area contributed by atoms with Gasteiger partial charge in [0.05, 0.1) is 15.2 Å². The molecular weight excluding hydrogens is 312 g/mol. The molecular formula is C17H16N2O3S. The van der Waals surface area contributed by atoms with E-state index in [0.29, 0.717) is 17.2 Å². The van der Waals surface area contributed by atoms with Crippen molar-refractivity contribution in [1.29, 1.82) is 0 Å². The van der Waals surface area contributed by atoms with E-state index in [9.17, 15) is 4.79 Å². The minimum atomic E-state index is -0.205. The molecule has 0 saturated carbocycles. The Morgan fingerprint density at radius 2 is 2.04 bits per heavy atom. The van der Waals surface area contributed by atoms with Gasteiger partial charge < -0.3 is 14.8 Å². The number of nitrogens with one attached hydrogen (secondary N) is 1. The van der Waals surface area contributed by atoms with Gasteiger partial charge in [-0.1, -0.05) is 6.07 Å². The van der Waals surface area contributed by atoms with Crippen molar-refractivity contribution in [3.05, 3.63) is 47.5 Å². The lowest BCUT2D eigenvalue weighted by atomic mass is 10.3. The molecule has 0 aliphatic carbocycles. The van der Waals surface area contributed by atoms with E-state index < -0.39 is 0 Å². The van der Waals surface area contributed by atoms with Crippen LogP contribution < -0.4 is 10.1 Å². The van der Waals surface area contributed by atoms with Crippen molar-refractivity contribution in [2.24, 2.45) is 0 Å². The minimum Gasteiger partial charge on any atom is -0.457 e. The molecule has 0 spiro atoms. The number of aromatic nitrogens is 1. The number of anilines is 1. The number of methoxy groups -OCH3 is 1. The van der Waals surface area contributed by atoms with Crippen LogP contribution in [0.3, 0.4) is 0 Å². The predicted molar refractivity (Wildman–Crippen MR) is 91.4 cm³/mol. The van der Waals surface area contributed by atoms with Gasteiger partial charge in [-0.3, -0.25) is 4.79 Å². The van der Waals surface area contributed by atoms with Gasteiger partial charge in [-0.15, -0.1) is 11.3 Å². The molecule has 6 heteroatoms. The molecule has 3 rings (SSSR count). The third-order valence-electron chi connectivity index (χ3n) is 3.09. The lowest BCUT2D eigenvalue weighted by molar-refractivity contribution is -0.119. The fourth-order valence-corrected chi connectivity index (χ4v) is 2.99. The SMILES string of the molecule is COCC(=O)Nc1cccc(Oc2ccc3sc(C)nc3c2)c1. The van der Waals surface area contributed by atoms with Crippen molar-refractivity contribution in [3.8, 4) is 11.5 Å². The van der Waals surface area contributed by atoms with Gasteiger partial charge in [0, 0.05) is 24.9 Å². The summed E-state index contributed by atoms with van der Waals surface area (Å²) in [5.41, 5.74) is 1.59. The Balaban J connectivity index is 1.77. The average molecular weight is 328 g/mol. The number of amides is 1. The fourth-order valence-electron chi connectivity index (χ4n) is 2.19. The maximum atomic E-state index is 11.5. The summed E-state index contributed by atoms with van der Waals surface area (Å²) in [6.07, 6.45) is 0. The molecule has 0 saturated heterocycles. The highest BCUT2D eigenvalue weighted by molar-refractivity contribution is 7.18. The first kappa shape index (κ1) is 15.5. The van der Waals surface area contributed by atoms with Crippen LogP contribution in [0.15, 0.2) is 42.5 Å². The number of aryl methyl sites for hydroxylation is 1. The number of benzene rings is 2. The molecule has 118 valence electrons. The zero-order chi connectivity index (χ0) is 16.2. The quantitative estimate of drug-likeness (QED) is 0.769. The van der Waals surface area contributed by atoms with E-state index in [0.717, 1.165) is 15.2 Å². The van der Waals surface area contributed by atoms with Crippen LogP contribution in [0, 0.1) is 6.92 Å². The number of hydrogen-bond donors (Lipinski definition) is 1. The Kier molecular flexibility index (Phi) is 4.55. The maximum Gasteiger partial charge on any atom is 0.250 e. The largest absolute Gasteiger partial charge is 0.457 e. The summed E-state index contributed by atoms with van der Waals surface area (Å²) in [6.45, 7) is 2.00. The zero-order valence-corrected chi connectivity index (χ0v) is 13.6. The second kappa shape index (κ2) is 6.76. The third-order valence-corrected chi connectivity index (χ3v) is 4.05. The number of carbonyl (C=O) groups is 1. The Morgan fingerprint density at radius 1 is 1.22 bits per heavy atom. The Bertz CT molecular complexity index is 845. The van der Waals surface area contributed by atoms with Gasteiger partial charge >= 0.3 is 0 Å². The molecule has 1 N–H and O–H groups in total. The summed E-state index contributed by atoms with van der Waals surface area (Å²) in [5.74, 6) is 1.15. The number of thiazole rings is 1. The van der Waals surface area contributed by atoms with Gasteiger partial charge in [0.25, 0.3) is 0 Å². The normalized spacial score (nSPS) is 10.7. The second-order valence-electron chi connectivity index (χ2n) is 4.97. The lowest BCUT2D eigenvalue weighted by Gasteiger charge is -2.08. The number of hydrogen-bond acceptors (Lipinski definition) is 5. The molecule has 23 heavy (non-hydrogen) atoms. The Labute approximate surface area is 137 Å². The summed E-state index contributed by atoms with van der Waals surface area (Å²) in [7, 11) is 1.48. The summed E-state index contributed by atoms with van der Waals surface area (Å²) in [6, 6.07) is 13.0. The van der Waals surface area contributed by atoms with Crippen LogP contribution in [0.25, 0.3) is 10.2 Å². The van der Waals surface area contributed by atoms with Crippen LogP contribution in [-0.4, -0.2) is 24.6 Å². The predicted octanol–water partition coefficient (Wildman–Crippen LogP) is 3.98. The van der Waals surface area contributed by atoms with Crippen LogP contribution in [0.2, 0.25) is 0 Å². The van der Waals surface area contributed by atoms with Gasteiger partial charge in [0.1, 0.15) is 18.1 Å². The summed E-state index contributed by atoms with van der Waals surface area (Å²) in [4.78, 5) is 16.0. The molecule has 3 aromatic rings. The molecule has 2 aromatic carbocycles. The van der Waals surface area contributed by atoms with Crippen LogP contribution in [0.4, 0.5) is 5.69 Å². The molecule has 0 aliphatic rings. The topological polar surface area (TPSA) is 60.5 Å². The number of carbonyl (C=O) groups excluding carboxylic acids is 1. The molecule has 0 atom stereocenters. The molecule has 0 bridgehead atoms. The van der Waals surface area contributed by atoms with E-state index >= 15 is 0 Å². The van der Waals surface area contributed by atoms with E-state index in [1.807, 2.05) is 37.3 Å². The van der Waals surface area contributed by atoms with Crippen molar-refractivity contribution < 1.29 is 14.3 Å². The van der Waals surface area contributed by atoms with Crippen molar-refractivity contribution in [2.45, 2.75) is 6.92 Å². The zero-order valence-electron chi connectivity index (χ0n) is 12.8. The fraction of sp³-hybridized carbons (Fsp3) is 0.176.